The number of unbranched alkanes of at least 4 members (excludes halogenated alkanes) is 1. The summed E-state index contributed by atoms with van der Waals surface area (Å²) in [6.45, 7) is 2.60. The molecule has 0 amide bonds. The molecule has 3 nitrogen and oxygen atoms in total. The molecule has 1 aromatic rings. The molecular weight excluding hydrogens is 214 g/mol. The van der Waals surface area contributed by atoms with Crippen LogP contribution in [0.2, 0.25) is 0 Å². The molecule has 0 atom stereocenters. The van der Waals surface area contributed by atoms with E-state index >= 15 is 0 Å². The predicted molar refractivity (Wildman–Crippen MR) is 70.0 cm³/mol. The molecule has 0 aliphatic rings. The van der Waals surface area contributed by atoms with Gasteiger partial charge in [-0.15, -0.1) is 0 Å². The van der Waals surface area contributed by atoms with Crippen LogP contribution in [0, 0.1) is 0 Å². The first-order valence-electron chi connectivity index (χ1n) is 6.35. The van der Waals surface area contributed by atoms with E-state index in [4.69, 9.17) is 10.2 Å². The van der Waals surface area contributed by atoms with Crippen LogP contribution in [0.15, 0.2) is 30.3 Å². The molecule has 0 heterocycles. The largest absolute Gasteiger partial charge is 0.395 e. The second-order valence-electron chi connectivity index (χ2n) is 4.23. The molecule has 0 saturated heterocycles. The van der Waals surface area contributed by atoms with E-state index in [0.29, 0.717) is 13.1 Å². The second-order valence-corrected chi connectivity index (χ2v) is 4.23. The minimum absolute atomic E-state index is 0.165. The molecule has 2 N–H and O–H groups in total. The van der Waals surface area contributed by atoms with Crippen LogP contribution in [0.5, 0.6) is 0 Å². The summed E-state index contributed by atoms with van der Waals surface area (Å²) in [5.74, 6) is 0. The Bertz CT molecular complexity index is 271. The minimum Gasteiger partial charge on any atom is -0.395 e. The third-order valence-electron chi connectivity index (χ3n) is 2.87. The van der Waals surface area contributed by atoms with Crippen LogP contribution < -0.4 is 0 Å². The Kier molecular flexibility index (Phi) is 7.63. The molecule has 0 aliphatic carbocycles. The molecule has 0 unspecified atom stereocenters. The van der Waals surface area contributed by atoms with E-state index < -0.39 is 0 Å². The molecule has 1 aromatic carbocycles. The minimum atomic E-state index is 0.165. The highest BCUT2D eigenvalue weighted by atomic mass is 16.3. The van der Waals surface area contributed by atoms with Gasteiger partial charge in [-0.3, -0.25) is 4.90 Å². The fraction of sp³-hybridized carbons (Fsp3) is 0.571. The Morgan fingerprint density at radius 1 is 0.824 bits per heavy atom. The lowest BCUT2D eigenvalue weighted by Gasteiger charge is -2.19. The van der Waals surface area contributed by atoms with Gasteiger partial charge in [-0.05, 0) is 31.4 Å². The van der Waals surface area contributed by atoms with Crippen molar-refractivity contribution in [2.45, 2.75) is 19.3 Å². The van der Waals surface area contributed by atoms with E-state index in [1.807, 2.05) is 6.07 Å². The maximum absolute atomic E-state index is 8.87. The molecule has 0 spiro atoms. The molecule has 0 aliphatic heterocycles. The van der Waals surface area contributed by atoms with E-state index in [1.54, 1.807) is 0 Å². The van der Waals surface area contributed by atoms with Gasteiger partial charge in [0.25, 0.3) is 0 Å². The van der Waals surface area contributed by atoms with Crippen molar-refractivity contribution in [3.63, 3.8) is 0 Å². The normalized spacial score (nSPS) is 11.0. The van der Waals surface area contributed by atoms with Gasteiger partial charge in [0.2, 0.25) is 0 Å². The van der Waals surface area contributed by atoms with Crippen LogP contribution in [0.25, 0.3) is 0 Å². The molecule has 3 heteroatoms. The fourth-order valence-corrected chi connectivity index (χ4v) is 1.93. The standard InChI is InChI=1S/C14H23NO2/c16-12-10-15(11-13-17)9-5-4-8-14-6-2-1-3-7-14/h1-3,6-7,16-17H,4-5,8-13H2. The first-order valence-corrected chi connectivity index (χ1v) is 6.35. The monoisotopic (exact) mass is 237 g/mol. The highest BCUT2D eigenvalue weighted by Gasteiger charge is 2.02. The summed E-state index contributed by atoms with van der Waals surface area (Å²) in [4.78, 5) is 2.10. The third kappa shape index (κ3) is 6.41. The molecule has 0 radical (unpaired) electrons. The van der Waals surface area contributed by atoms with Crippen molar-refractivity contribution in [1.29, 1.82) is 0 Å². The highest BCUT2D eigenvalue weighted by molar-refractivity contribution is 5.14. The van der Waals surface area contributed by atoms with E-state index in [1.165, 1.54) is 5.56 Å². The topological polar surface area (TPSA) is 43.7 Å². The molecule has 1 rings (SSSR count). The van der Waals surface area contributed by atoms with E-state index in [0.717, 1.165) is 25.8 Å². The summed E-state index contributed by atoms with van der Waals surface area (Å²) < 4.78 is 0. The van der Waals surface area contributed by atoms with Gasteiger partial charge in [0.1, 0.15) is 0 Å². The van der Waals surface area contributed by atoms with Crippen LogP contribution in [0.3, 0.4) is 0 Å². The molecule has 0 aromatic heterocycles. The summed E-state index contributed by atoms with van der Waals surface area (Å²) in [7, 11) is 0. The van der Waals surface area contributed by atoms with Crippen LogP contribution in [0.1, 0.15) is 18.4 Å². The quantitative estimate of drug-likeness (QED) is 0.636. The molecule has 0 bridgehead atoms. The number of rotatable bonds is 9. The third-order valence-corrected chi connectivity index (χ3v) is 2.87. The van der Waals surface area contributed by atoms with Crippen molar-refractivity contribution in [1.82, 2.24) is 4.90 Å². The van der Waals surface area contributed by atoms with Crippen molar-refractivity contribution >= 4 is 0 Å². The molecule has 0 saturated carbocycles. The van der Waals surface area contributed by atoms with Crippen molar-refractivity contribution in [2.75, 3.05) is 32.8 Å². The lowest BCUT2D eigenvalue weighted by atomic mass is 10.1. The van der Waals surface area contributed by atoms with Gasteiger partial charge in [-0.1, -0.05) is 30.3 Å². The summed E-state index contributed by atoms with van der Waals surface area (Å²) in [6, 6.07) is 10.5. The first-order chi connectivity index (χ1) is 8.36. The molecule has 0 fully saturated rings. The van der Waals surface area contributed by atoms with Gasteiger partial charge >= 0.3 is 0 Å². The van der Waals surface area contributed by atoms with Crippen molar-refractivity contribution < 1.29 is 10.2 Å². The number of aryl methyl sites for hydroxylation is 1. The summed E-state index contributed by atoms with van der Waals surface area (Å²) in [5, 5.41) is 17.7. The Morgan fingerprint density at radius 3 is 2.06 bits per heavy atom. The molecule has 96 valence electrons. The smallest absolute Gasteiger partial charge is 0.0558 e. The number of hydrogen-bond acceptors (Lipinski definition) is 3. The fourth-order valence-electron chi connectivity index (χ4n) is 1.93. The van der Waals surface area contributed by atoms with Crippen molar-refractivity contribution in [3.05, 3.63) is 35.9 Å². The van der Waals surface area contributed by atoms with Gasteiger partial charge < -0.3 is 10.2 Å². The van der Waals surface area contributed by atoms with Gasteiger partial charge in [-0.25, -0.2) is 0 Å². The number of nitrogens with zero attached hydrogens (tertiary/aromatic N) is 1. The Balaban J connectivity index is 2.13. The van der Waals surface area contributed by atoms with Crippen LogP contribution in [-0.4, -0.2) is 48.0 Å². The lowest BCUT2D eigenvalue weighted by Crippen LogP contribution is -2.30. The van der Waals surface area contributed by atoms with Crippen molar-refractivity contribution in [2.24, 2.45) is 0 Å². The van der Waals surface area contributed by atoms with Gasteiger partial charge in [0.15, 0.2) is 0 Å². The predicted octanol–water partition coefficient (Wildman–Crippen LogP) is 1.30. The number of aliphatic hydroxyl groups is 2. The number of hydrogen-bond donors (Lipinski definition) is 2. The maximum atomic E-state index is 8.87. The first kappa shape index (κ1) is 14.2. The summed E-state index contributed by atoms with van der Waals surface area (Å²) in [6.07, 6.45) is 3.36. The molecular formula is C14H23NO2. The second kappa shape index (κ2) is 9.16. The average molecular weight is 237 g/mol. The molecule has 17 heavy (non-hydrogen) atoms. The number of benzene rings is 1. The van der Waals surface area contributed by atoms with Gasteiger partial charge in [-0.2, -0.15) is 0 Å². The van der Waals surface area contributed by atoms with Crippen molar-refractivity contribution in [3.8, 4) is 0 Å². The lowest BCUT2D eigenvalue weighted by molar-refractivity contribution is 0.159. The zero-order chi connectivity index (χ0) is 12.3. The highest BCUT2D eigenvalue weighted by Crippen LogP contribution is 2.05. The SMILES string of the molecule is OCCN(CCO)CCCCc1ccccc1. The van der Waals surface area contributed by atoms with Crippen LogP contribution >= 0.6 is 0 Å². The summed E-state index contributed by atoms with van der Waals surface area (Å²) >= 11 is 0. The maximum Gasteiger partial charge on any atom is 0.0558 e. The summed E-state index contributed by atoms with van der Waals surface area (Å²) in [5.41, 5.74) is 1.38. The van der Waals surface area contributed by atoms with E-state index in [2.05, 4.69) is 29.2 Å². The van der Waals surface area contributed by atoms with E-state index in [-0.39, 0.29) is 13.2 Å². The Labute approximate surface area is 104 Å². The van der Waals surface area contributed by atoms with Gasteiger partial charge in [0.05, 0.1) is 13.2 Å². The zero-order valence-electron chi connectivity index (χ0n) is 10.4. The van der Waals surface area contributed by atoms with Crippen LogP contribution in [0.4, 0.5) is 0 Å². The Morgan fingerprint density at radius 2 is 1.47 bits per heavy atom. The number of aliphatic hydroxyl groups excluding tert-OH is 2. The van der Waals surface area contributed by atoms with Gasteiger partial charge in [0, 0.05) is 13.1 Å². The Hall–Kier alpha value is -0.900. The van der Waals surface area contributed by atoms with E-state index in [9.17, 15) is 0 Å². The zero-order valence-corrected chi connectivity index (χ0v) is 10.4. The average Bonchev–Trinajstić information content (AvgIpc) is 2.36. The van der Waals surface area contributed by atoms with Crippen LogP contribution in [-0.2, 0) is 6.42 Å².